The fraction of sp³-hybridized carbons (Fsp3) is 0.500. The first-order valence-electron chi connectivity index (χ1n) is 7.05. The molecule has 0 fully saturated rings. The Morgan fingerprint density at radius 3 is 3.00 bits per heavy atom. The second-order valence-electron chi connectivity index (χ2n) is 4.69. The number of thiophene rings is 1. The van der Waals surface area contributed by atoms with Crippen LogP contribution in [-0.2, 0) is 11.8 Å². The number of unbranched alkanes of at least 4 members (excludes halogenated alkanes) is 2. The molecule has 0 aliphatic carbocycles. The van der Waals surface area contributed by atoms with Crippen LogP contribution in [0.1, 0.15) is 26.2 Å². The van der Waals surface area contributed by atoms with E-state index in [1.807, 2.05) is 29.1 Å². The Kier molecular flexibility index (Phi) is 6.25. The van der Waals surface area contributed by atoms with E-state index in [9.17, 15) is 4.79 Å². The van der Waals surface area contributed by atoms with Crippen molar-refractivity contribution in [3.8, 4) is 10.7 Å². The summed E-state index contributed by atoms with van der Waals surface area (Å²) in [4.78, 5) is 12.8. The first kappa shape index (κ1) is 16.0. The lowest BCUT2D eigenvalue weighted by Crippen LogP contribution is -2.26. The Labute approximate surface area is 133 Å². The maximum absolute atomic E-state index is 11.7. The Bertz CT molecular complexity index is 566. The number of nitrogens with one attached hydrogen (secondary N) is 1. The first-order valence-corrected chi connectivity index (χ1v) is 8.91. The molecule has 2 aromatic heterocycles. The van der Waals surface area contributed by atoms with Gasteiger partial charge in [0, 0.05) is 13.6 Å². The van der Waals surface area contributed by atoms with Gasteiger partial charge in [-0.1, -0.05) is 37.6 Å². The van der Waals surface area contributed by atoms with E-state index in [1.165, 1.54) is 11.8 Å². The third-order valence-electron chi connectivity index (χ3n) is 3.01. The lowest BCUT2D eigenvalue weighted by atomic mass is 10.2. The standard InChI is InChI=1S/C14H20N4OS2/c1-3-4-5-8-15-12(19)10-21-14-17-16-13(18(14)2)11-7-6-9-20-11/h6-7,9H,3-5,8,10H2,1-2H3,(H,15,19). The van der Waals surface area contributed by atoms with Gasteiger partial charge in [0.2, 0.25) is 5.91 Å². The van der Waals surface area contributed by atoms with Crippen molar-refractivity contribution in [3.63, 3.8) is 0 Å². The van der Waals surface area contributed by atoms with Gasteiger partial charge in [-0.2, -0.15) is 0 Å². The molecule has 0 saturated carbocycles. The minimum Gasteiger partial charge on any atom is -0.355 e. The summed E-state index contributed by atoms with van der Waals surface area (Å²) >= 11 is 3.05. The van der Waals surface area contributed by atoms with Crippen LogP contribution in [0.3, 0.4) is 0 Å². The number of rotatable bonds is 8. The van der Waals surface area contributed by atoms with Gasteiger partial charge in [-0.15, -0.1) is 21.5 Å². The van der Waals surface area contributed by atoms with Gasteiger partial charge in [-0.05, 0) is 17.9 Å². The smallest absolute Gasteiger partial charge is 0.230 e. The van der Waals surface area contributed by atoms with Crippen LogP contribution in [0.2, 0.25) is 0 Å². The zero-order valence-electron chi connectivity index (χ0n) is 12.3. The van der Waals surface area contributed by atoms with Gasteiger partial charge in [0.05, 0.1) is 10.6 Å². The van der Waals surface area contributed by atoms with Crippen LogP contribution >= 0.6 is 23.1 Å². The van der Waals surface area contributed by atoms with E-state index in [1.54, 1.807) is 11.3 Å². The highest BCUT2D eigenvalue weighted by Crippen LogP contribution is 2.25. The van der Waals surface area contributed by atoms with E-state index >= 15 is 0 Å². The average molecular weight is 324 g/mol. The number of nitrogens with zero attached hydrogens (tertiary/aromatic N) is 3. The topological polar surface area (TPSA) is 59.8 Å². The summed E-state index contributed by atoms with van der Waals surface area (Å²) in [5.74, 6) is 1.27. The van der Waals surface area contributed by atoms with Crippen molar-refractivity contribution in [1.82, 2.24) is 20.1 Å². The molecule has 0 aliphatic heterocycles. The first-order chi connectivity index (χ1) is 10.2. The molecule has 2 aromatic rings. The van der Waals surface area contributed by atoms with Gasteiger partial charge < -0.3 is 9.88 Å². The molecule has 7 heteroatoms. The Hall–Kier alpha value is -1.34. The molecule has 114 valence electrons. The van der Waals surface area contributed by atoms with Crippen molar-refractivity contribution in [2.75, 3.05) is 12.3 Å². The monoisotopic (exact) mass is 324 g/mol. The molecule has 21 heavy (non-hydrogen) atoms. The van der Waals surface area contributed by atoms with Crippen molar-refractivity contribution in [2.24, 2.45) is 7.05 Å². The van der Waals surface area contributed by atoms with Crippen molar-refractivity contribution < 1.29 is 4.79 Å². The SMILES string of the molecule is CCCCCNC(=O)CSc1nnc(-c2cccs2)n1C. The second-order valence-corrected chi connectivity index (χ2v) is 6.58. The molecule has 2 heterocycles. The molecule has 1 amide bonds. The number of carbonyl (C=O) groups excluding carboxylic acids is 1. The molecule has 1 N–H and O–H groups in total. The minimum atomic E-state index is 0.0526. The Balaban J connectivity index is 1.83. The molecule has 2 rings (SSSR count). The third-order valence-corrected chi connectivity index (χ3v) is 4.90. The number of hydrogen-bond acceptors (Lipinski definition) is 5. The van der Waals surface area contributed by atoms with E-state index < -0.39 is 0 Å². The largest absolute Gasteiger partial charge is 0.355 e. The molecule has 0 bridgehead atoms. The number of hydrogen-bond donors (Lipinski definition) is 1. The predicted molar refractivity (Wildman–Crippen MR) is 87.6 cm³/mol. The summed E-state index contributed by atoms with van der Waals surface area (Å²) in [7, 11) is 1.93. The van der Waals surface area contributed by atoms with Crippen LogP contribution < -0.4 is 5.32 Å². The molecular formula is C14H20N4OS2. The molecular weight excluding hydrogens is 304 g/mol. The van der Waals surface area contributed by atoms with E-state index in [2.05, 4.69) is 22.4 Å². The van der Waals surface area contributed by atoms with Gasteiger partial charge in [0.25, 0.3) is 0 Å². The van der Waals surface area contributed by atoms with Gasteiger partial charge in [-0.3, -0.25) is 4.79 Å². The molecule has 0 spiro atoms. The highest BCUT2D eigenvalue weighted by Gasteiger charge is 2.13. The Morgan fingerprint density at radius 2 is 2.29 bits per heavy atom. The number of amides is 1. The zero-order chi connectivity index (χ0) is 15.1. The lowest BCUT2D eigenvalue weighted by Gasteiger charge is -2.04. The van der Waals surface area contributed by atoms with Crippen LogP contribution in [0, 0.1) is 0 Å². The normalized spacial score (nSPS) is 10.8. The van der Waals surface area contributed by atoms with Crippen LogP contribution in [0.25, 0.3) is 10.7 Å². The second kappa shape index (κ2) is 8.19. The van der Waals surface area contributed by atoms with Gasteiger partial charge >= 0.3 is 0 Å². The molecule has 0 aromatic carbocycles. The molecule has 0 atom stereocenters. The molecule has 0 aliphatic rings. The van der Waals surface area contributed by atoms with E-state index in [4.69, 9.17) is 0 Å². The summed E-state index contributed by atoms with van der Waals surface area (Å²) in [6.45, 7) is 2.91. The van der Waals surface area contributed by atoms with Crippen molar-refractivity contribution >= 4 is 29.0 Å². The van der Waals surface area contributed by atoms with Gasteiger partial charge in [0.15, 0.2) is 11.0 Å². The summed E-state index contributed by atoms with van der Waals surface area (Å²) in [5.41, 5.74) is 0. The molecule has 0 saturated heterocycles. The van der Waals surface area contributed by atoms with Gasteiger partial charge in [0.1, 0.15) is 0 Å². The van der Waals surface area contributed by atoms with Crippen molar-refractivity contribution in [2.45, 2.75) is 31.3 Å². The van der Waals surface area contributed by atoms with Gasteiger partial charge in [-0.25, -0.2) is 0 Å². The number of aromatic nitrogens is 3. The predicted octanol–water partition coefficient (Wildman–Crippen LogP) is 2.94. The molecule has 5 nitrogen and oxygen atoms in total. The third kappa shape index (κ3) is 4.57. The fourth-order valence-electron chi connectivity index (χ4n) is 1.84. The van der Waals surface area contributed by atoms with Crippen LogP contribution in [0.15, 0.2) is 22.7 Å². The van der Waals surface area contributed by atoms with E-state index in [0.29, 0.717) is 5.75 Å². The summed E-state index contributed by atoms with van der Waals surface area (Å²) < 4.78 is 1.93. The summed E-state index contributed by atoms with van der Waals surface area (Å²) in [5, 5.41) is 14.1. The fourth-order valence-corrected chi connectivity index (χ4v) is 3.33. The van der Waals surface area contributed by atoms with Crippen molar-refractivity contribution in [3.05, 3.63) is 17.5 Å². The summed E-state index contributed by atoms with van der Waals surface area (Å²) in [6, 6.07) is 4.01. The highest BCUT2D eigenvalue weighted by atomic mass is 32.2. The maximum Gasteiger partial charge on any atom is 0.230 e. The van der Waals surface area contributed by atoms with E-state index in [0.717, 1.165) is 41.7 Å². The lowest BCUT2D eigenvalue weighted by molar-refractivity contribution is -0.118. The van der Waals surface area contributed by atoms with Crippen molar-refractivity contribution in [1.29, 1.82) is 0 Å². The number of thioether (sulfide) groups is 1. The molecule has 0 unspecified atom stereocenters. The van der Waals surface area contributed by atoms with Crippen LogP contribution in [0.5, 0.6) is 0 Å². The van der Waals surface area contributed by atoms with Crippen LogP contribution in [-0.4, -0.2) is 33.0 Å². The van der Waals surface area contributed by atoms with Crippen LogP contribution in [0.4, 0.5) is 0 Å². The van der Waals surface area contributed by atoms with E-state index in [-0.39, 0.29) is 5.91 Å². The minimum absolute atomic E-state index is 0.0526. The zero-order valence-corrected chi connectivity index (χ0v) is 14.0. The molecule has 0 radical (unpaired) electrons. The number of carbonyl (C=O) groups is 1. The average Bonchev–Trinajstić information content (AvgIpc) is 3.11. The quantitative estimate of drug-likeness (QED) is 0.599. The summed E-state index contributed by atoms with van der Waals surface area (Å²) in [6.07, 6.45) is 3.36. The Morgan fingerprint density at radius 1 is 1.43 bits per heavy atom. The highest BCUT2D eigenvalue weighted by molar-refractivity contribution is 7.99. The maximum atomic E-state index is 11.7.